The molecule has 132 valence electrons. The molecule has 0 aliphatic heterocycles. The van der Waals surface area contributed by atoms with Crippen LogP contribution < -0.4 is 0 Å². The van der Waals surface area contributed by atoms with Crippen LogP contribution >= 0.6 is 12.6 Å². The SMILES string of the molecule is SCc1ccc(C(c2ccccc2)(c2ccccc2)c2ccccc2)cc1. The molecule has 4 aromatic rings. The molecule has 0 nitrogen and oxygen atoms in total. The van der Waals surface area contributed by atoms with E-state index in [0.29, 0.717) is 0 Å². The largest absolute Gasteiger partial charge is 0.175 e. The van der Waals surface area contributed by atoms with Gasteiger partial charge in [0.25, 0.3) is 0 Å². The molecule has 0 N–H and O–H groups in total. The molecule has 0 saturated heterocycles. The summed E-state index contributed by atoms with van der Waals surface area (Å²) in [7, 11) is 0. The summed E-state index contributed by atoms with van der Waals surface area (Å²) in [5.41, 5.74) is 5.92. The standard InChI is InChI=1S/C26H22S/c27-20-21-16-18-25(19-17-21)26(22-10-4-1-5-11-22,23-12-6-2-7-13-23)24-14-8-3-9-15-24/h1-19,27H,20H2. The highest BCUT2D eigenvalue weighted by Gasteiger charge is 2.37. The summed E-state index contributed by atoms with van der Waals surface area (Å²) in [5.74, 6) is 0.745. The summed E-state index contributed by atoms with van der Waals surface area (Å²) in [6, 6.07) is 41.2. The second-order valence-electron chi connectivity index (χ2n) is 6.70. The summed E-state index contributed by atoms with van der Waals surface area (Å²) in [4.78, 5) is 0. The third-order valence-corrected chi connectivity index (χ3v) is 5.56. The molecule has 0 bridgehead atoms. The first-order valence-electron chi connectivity index (χ1n) is 9.22. The molecule has 0 aromatic heterocycles. The quantitative estimate of drug-likeness (QED) is 0.302. The van der Waals surface area contributed by atoms with Crippen molar-refractivity contribution in [2.24, 2.45) is 0 Å². The van der Waals surface area contributed by atoms with E-state index in [1.807, 2.05) is 0 Å². The normalized spacial score (nSPS) is 11.3. The van der Waals surface area contributed by atoms with Gasteiger partial charge < -0.3 is 0 Å². The second-order valence-corrected chi connectivity index (χ2v) is 7.02. The van der Waals surface area contributed by atoms with E-state index in [0.717, 1.165) is 5.75 Å². The highest BCUT2D eigenvalue weighted by molar-refractivity contribution is 7.79. The molecule has 27 heavy (non-hydrogen) atoms. The van der Waals surface area contributed by atoms with E-state index in [1.165, 1.54) is 27.8 Å². The lowest BCUT2D eigenvalue weighted by atomic mass is 9.65. The van der Waals surface area contributed by atoms with Crippen LogP contribution in [0.3, 0.4) is 0 Å². The van der Waals surface area contributed by atoms with Gasteiger partial charge in [0, 0.05) is 5.75 Å². The maximum Gasteiger partial charge on any atom is 0.0701 e. The molecule has 0 atom stereocenters. The molecule has 0 unspecified atom stereocenters. The molecule has 0 fully saturated rings. The van der Waals surface area contributed by atoms with Crippen molar-refractivity contribution in [3.05, 3.63) is 143 Å². The Labute approximate surface area is 166 Å². The Balaban J connectivity index is 2.09. The van der Waals surface area contributed by atoms with Gasteiger partial charge in [0.1, 0.15) is 0 Å². The van der Waals surface area contributed by atoms with Crippen molar-refractivity contribution in [1.82, 2.24) is 0 Å². The fourth-order valence-electron chi connectivity index (χ4n) is 3.92. The van der Waals surface area contributed by atoms with Gasteiger partial charge in [-0.25, -0.2) is 0 Å². The van der Waals surface area contributed by atoms with Crippen LogP contribution in [0.2, 0.25) is 0 Å². The minimum atomic E-state index is -0.362. The molecular formula is C26H22S. The van der Waals surface area contributed by atoms with Crippen molar-refractivity contribution < 1.29 is 0 Å². The molecule has 0 radical (unpaired) electrons. The van der Waals surface area contributed by atoms with Gasteiger partial charge in [-0.05, 0) is 27.8 Å². The Morgan fingerprint density at radius 3 is 1.11 bits per heavy atom. The van der Waals surface area contributed by atoms with Crippen LogP contribution in [-0.4, -0.2) is 0 Å². The summed E-state index contributed by atoms with van der Waals surface area (Å²) in [6.07, 6.45) is 0. The Kier molecular flexibility index (Phi) is 5.13. The smallest absolute Gasteiger partial charge is 0.0701 e. The van der Waals surface area contributed by atoms with Gasteiger partial charge in [-0.3, -0.25) is 0 Å². The Bertz CT molecular complexity index is 878. The third kappa shape index (κ3) is 3.20. The first-order chi connectivity index (χ1) is 13.4. The van der Waals surface area contributed by atoms with Crippen molar-refractivity contribution in [2.45, 2.75) is 11.2 Å². The van der Waals surface area contributed by atoms with Gasteiger partial charge >= 0.3 is 0 Å². The van der Waals surface area contributed by atoms with Crippen LogP contribution in [0, 0.1) is 0 Å². The number of thiol groups is 1. The summed E-state index contributed by atoms with van der Waals surface area (Å²) in [5, 5.41) is 0. The van der Waals surface area contributed by atoms with Crippen molar-refractivity contribution in [2.75, 3.05) is 0 Å². The zero-order valence-electron chi connectivity index (χ0n) is 15.1. The average Bonchev–Trinajstić information content (AvgIpc) is 2.77. The van der Waals surface area contributed by atoms with Crippen LogP contribution in [0.5, 0.6) is 0 Å². The highest BCUT2D eigenvalue weighted by Crippen LogP contribution is 2.44. The van der Waals surface area contributed by atoms with E-state index in [-0.39, 0.29) is 5.41 Å². The predicted octanol–water partition coefficient (Wildman–Crippen LogP) is 6.50. The molecule has 0 saturated carbocycles. The van der Waals surface area contributed by atoms with Crippen molar-refractivity contribution in [3.63, 3.8) is 0 Å². The molecule has 0 heterocycles. The topological polar surface area (TPSA) is 0 Å². The van der Waals surface area contributed by atoms with Crippen LogP contribution in [0.25, 0.3) is 0 Å². The van der Waals surface area contributed by atoms with Crippen molar-refractivity contribution >= 4 is 12.6 Å². The van der Waals surface area contributed by atoms with Gasteiger partial charge in [0.05, 0.1) is 5.41 Å². The first-order valence-corrected chi connectivity index (χ1v) is 9.86. The lowest BCUT2D eigenvalue weighted by molar-refractivity contribution is 0.744. The zero-order valence-corrected chi connectivity index (χ0v) is 16.0. The lowest BCUT2D eigenvalue weighted by Crippen LogP contribution is -2.30. The Morgan fingerprint density at radius 2 is 0.778 bits per heavy atom. The molecule has 0 amide bonds. The molecule has 1 heteroatoms. The van der Waals surface area contributed by atoms with Gasteiger partial charge in [0.15, 0.2) is 0 Å². The van der Waals surface area contributed by atoms with Crippen LogP contribution in [-0.2, 0) is 11.2 Å². The first kappa shape index (κ1) is 17.6. The van der Waals surface area contributed by atoms with Crippen molar-refractivity contribution in [1.29, 1.82) is 0 Å². The van der Waals surface area contributed by atoms with Gasteiger partial charge in [-0.1, -0.05) is 115 Å². The second kappa shape index (κ2) is 7.85. The summed E-state index contributed by atoms with van der Waals surface area (Å²) in [6.45, 7) is 0. The van der Waals surface area contributed by atoms with E-state index in [9.17, 15) is 0 Å². The number of hydrogen-bond acceptors (Lipinski definition) is 1. The maximum atomic E-state index is 4.43. The fourth-order valence-corrected chi connectivity index (χ4v) is 4.14. The third-order valence-electron chi connectivity index (χ3n) is 5.19. The lowest BCUT2D eigenvalue weighted by Gasteiger charge is -2.37. The summed E-state index contributed by atoms with van der Waals surface area (Å²) < 4.78 is 0. The molecular weight excluding hydrogens is 344 g/mol. The zero-order chi connectivity index (χ0) is 18.5. The molecule has 0 aliphatic carbocycles. The predicted molar refractivity (Wildman–Crippen MR) is 117 cm³/mol. The Hall–Kier alpha value is -2.77. The molecule has 4 rings (SSSR count). The van der Waals surface area contributed by atoms with Crippen LogP contribution in [0.15, 0.2) is 115 Å². The number of rotatable bonds is 5. The average molecular weight is 367 g/mol. The number of hydrogen-bond donors (Lipinski definition) is 1. The van der Waals surface area contributed by atoms with E-state index < -0.39 is 0 Å². The highest BCUT2D eigenvalue weighted by atomic mass is 32.1. The molecule has 0 aliphatic rings. The van der Waals surface area contributed by atoms with E-state index in [2.05, 4.69) is 128 Å². The Morgan fingerprint density at radius 1 is 0.444 bits per heavy atom. The van der Waals surface area contributed by atoms with E-state index in [1.54, 1.807) is 0 Å². The fraction of sp³-hybridized carbons (Fsp3) is 0.0769. The van der Waals surface area contributed by atoms with Crippen molar-refractivity contribution in [3.8, 4) is 0 Å². The van der Waals surface area contributed by atoms with Gasteiger partial charge in [-0.15, -0.1) is 0 Å². The van der Waals surface area contributed by atoms with E-state index in [4.69, 9.17) is 0 Å². The van der Waals surface area contributed by atoms with E-state index >= 15 is 0 Å². The number of benzene rings is 4. The maximum absolute atomic E-state index is 4.43. The minimum absolute atomic E-state index is 0.362. The van der Waals surface area contributed by atoms with Gasteiger partial charge in [0.2, 0.25) is 0 Å². The monoisotopic (exact) mass is 366 g/mol. The van der Waals surface area contributed by atoms with Crippen LogP contribution in [0.4, 0.5) is 0 Å². The van der Waals surface area contributed by atoms with Gasteiger partial charge in [-0.2, -0.15) is 12.6 Å². The summed E-state index contributed by atoms with van der Waals surface area (Å²) >= 11 is 4.43. The molecule has 4 aromatic carbocycles. The minimum Gasteiger partial charge on any atom is -0.175 e. The van der Waals surface area contributed by atoms with Crippen LogP contribution in [0.1, 0.15) is 27.8 Å². The molecule has 0 spiro atoms.